The molecular weight excluding hydrogens is 386 g/mol. The highest BCUT2D eigenvalue weighted by Crippen LogP contribution is 2.13. The molecule has 188 valence electrons. The Labute approximate surface area is 203 Å². The van der Waals surface area contributed by atoms with Crippen molar-refractivity contribution >= 4 is 0 Å². The maximum absolute atomic E-state index is 3.60. The van der Waals surface area contributed by atoms with Gasteiger partial charge in [-0.3, -0.25) is 0 Å². The van der Waals surface area contributed by atoms with E-state index in [0.29, 0.717) is 0 Å². The van der Waals surface area contributed by atoms with Crippen molar-refractivity contribution in [3.8, 4) is 0 Å². The summed E-state index contributed by atoms with van der Waals surface area (Å²) in [5, 5.41) is 3.60. The van der Waals surface area contributed by atoms with Gasteiger partial charge in [0, 0.05) is 6.54 Å². The van der Waals surface area contributed by atoms with Gasteiger partial charge in [0.2, 0.25) is 0 Å². The largest absolute Gasteiger partial charge is 0.313 e. The normalized spacial score (nSPS) is 12.4. The molecule has 0 fully saturated rings. The van der Waals surface area contributed by atoms with Gasteiger partial charge in [-0.15, -0.1) is 0 Å². The van der Waals surface area contributed by atoms with E-state index in [0.717, 1.165) is 6.54 Å². The van der Waals surface area contributed by atoms with Crippen LogP contribution in [0.4, 0.5) is 0 Å². The highest BCUT2D eigenvalue weighted by Gasteiger charge is 1.95. The Kier molecular flexibility index (Phi) is 24.2. The van der Waals surface area contributed by atoms with E-state index >= 15 is 0 Å². The van der Waals surface area contributed by atoms with Crippen molar-refractivity contribution in [1.82, 2.24) is 5.32 Å². The second-order valence-corrected chi connectivity index (χ2v) is 10.3. The molecule has 0 aromatic carbocycles. The molecule has 0 rings (SSSR count). The van der Waals surface area contributed by atoms with E-state index in [2.05, 4.69) is 58.2 Å². The third-order valence-electron chi connectivity index (χ3n) is 6.42. The van der Waals surface area contributed by atoms with E-state index in [1.807, 2.05) is 0 Å². The topological polar surface area (TPSA) is 12.0 Å². The minimum atomic E-state index is 1.04. The molecule has 0 atom stereocenters. The van der Waals surface area contributed by atoms with E-state index in [4.69, 9.17) is 0 Å². The van der Waals surface area contributed by atoms with Crippen LogP contribution in [0, 0.1) is 0 Å². The molecule has 1 heteroatoms. The lowest BCUT2D eigenvalue weighted by Crippen LogP contribution is -2.15. The van der Waals surface area contributed by atoms with E-state index in [-0.39, 0.29) is 0 Å². The minimum absolute atomic E-state index is 1.04. The van der Waals surface area contributed by atoms with Gasteiger partial charge in [0.05, 0.1) is 0 Å². The van der Waals surface area contributed by atoms with E-state index in [9.17, 15) is 0 Å². The van der Waals surface area contributed by atoms with Gasteiger partial charge in [-0.1, -0.05) is 125 Å². The number of allylic oxidation sites excluding steroid dienone is 5. The predicted octanol–water partition coefficient (Wildman–Crippen LogP) is 10.5. The number of rotatable bonds is 23. The van der Waals surface area contributed by atoms with Crippen molar-refractivity contribution in [2.45, 2.75) is 150 Å². The molecule has 1 N–H and O–H groups in total. The van der Waals surface area contributed by atoms with Crippen LogP contribution in [0.3, 0.4) is 0 Å². The van der Waals surface area contributed by atoms with Crippen molar-refractivity contribution in [2.75, 3.05) is 13.1 Å². The van der Waals surface area contributed by atoms with Gasteiger partial charge in [-0.25, -0.2) is 0 Å². The predicted molar refractivity (Wildman–Crippen MR) is 149 cm³/mol. The van der Waals surface area contributed by atoms with Gasteiger partial charge in [0.1, 0.15) is 0 Å². The van der Waals surface area contributed by atoms with Crippen molar-refractivity contribution in [3.63, 3.8) is 0 Å². The number of hydrogen-bond acceptors (Lipinski definition) is 1. The average Bonchev–Trinajstić information content (AvgIpc) is 2.75. The zero-order valence-corrected chi connectivity index (χ0v) is 22.9. The van der Waals surface area contributed by atoms with Crippen LogP contribution in [0.15, 0.2) is 34.9 Å². The molecular formula is C31H59N. The summed E-state index contributed by atoms with van der Waals surface area (Å²) in [6, 6.07) is 0. The van der Waals surface area contributed by atoms with Crippen LogP contribution in [0.1, 0.15) is 150 Å². The minimum Gasteiger partial charge on any atom is -0.313 e. The van der Waals surface area contributed by atoms with Crippen LogP contribution in [-0.2, 0) is 0 Å². The fraction of sp³-hybridized carbons (Fsp3) is 0.806. The summed E-state index contributed by atoms with van der Waals surface area (Å²) in [6.07, 6.45) is 32.0. The lowest BCUT2D eigenvalue weighted by atomic mass is 10.0. The standard InChI is InChI=1S/C31H59N/c1-6-7-8-9-10-11-12-13-14-15-16-17-18-19-27-32-28-26-31(5)25-21-24-30(4)23-20-22-29(2)3/h22,24,26,32H,6-21,23,25,27-28H2,1-5H3. The fourth-order valence-corrected chi connectivity index (χ4v) is 4.13. The number of unbranched alkanes of at least 4 members (excludes halogenated alkanes) is 13. The molecule has 0 saturated heterocycles. The van der Waals surface area contributed by atoms with Crippen LogP contribution in [-0.4, -0.2) is 13.1 Å². The SMILES string of the molecule is CCCCCCCCCCCCCCCCNCC=C(C)CCC=C(C)CCC=C(C)C. The van der Waals surface area contributed by atoms with Crippen molar-refractivity contribution in [3.05, 3.63) is 34.9 Å². The highest BCUT2D eigenvalue weighted by atomic mass is 14.8. The van der Waals surface area contributed by atoms with Crippen LogP contribution >= 0.6 is 0 Å². The van der Waals surface area contributed by atoms with Crippen molar-refractivity contribution in [2.24, 2.45) is 0 Å². The average molecular weight is 446 g/mol. The first-order chi connectivity index (χ1) is 15.6. The first-order valence-electron chi connectivity index (χ1n) is 14.2. The molecule has 0 aliphatic rings. The molecule has 0 saturated carbocycles. The lowest BCUT2D eigenvalue weighted by molar-refractivity contribution is 0.532. The Morgan fingerprint density at radius 3 is 1.47 bits per heavy atom. The van der Waals surface area contributed by atoms with Crippen LogP contribution < -0.4 is 5.32 Å². The van der Waals surface area contributed by atoms with Crippen LogP contribution in [0.25, 0.3) is 0 Å². The second-order valence-electron chi connectivity index (χ2n) is 10.3. The molecule has 1 nitrogen and oxygen atoms in total. The van der Waals surface area contributed by atoms with E-state index in [1.165, 1.54) is 139 Å². The van der Waals surface area contributed by atoms with Crippen molar-refractivity contribution < 1.29 is 0 Å². The monoisotopic (exact) mass is 445 g/mol. The molecule has 0 aromatic rings. The maximum atomic E-state index is 3.60. The Morgan fingerprint density at radius 2 is 0.969 bits per heavy atom. The molecule has 0 amide bonds. The number of nitrogens with one attached hydrogen (secondary N) is 1. The third-order valence-corrected chi connectivity index (χ3v) is 6.42. The van der Waals surface area contributed by atoms with E-state index in [1.54, 1.807) is 0 Å². The lowest BCUT2D eigenvalue weighted by Gasteiger charge is -2.05. The zero-order chi connectivity index (χ0) is 23.7. The quantitative estimate of drug-likeness (QED) is 0.122. The highest BCUT2D eigenvalue weighted by molar-refractivity contribution is 5.05. The Morgan fingerprint density at radius 1 is 0.531 bits per heavy atom. The summed E-state index contributed by atoms with van der Waals surface area (Å²) in [6.45, 7) is 13.4. The molecule has 0 radical (unpaired) electrons. The molecule has 0 aromatic heterocycles. The van der Waals surface area contributed by atoms with Crippen LogP contribution in [0.2, 0.25) is 0 Å². The smallest absolute Gasteiger partial charge is 0.0137 e. The maximum Gasteiger partial charge on any atom is 0.0137 e. The number of hydrogen-bond donors (Lipinski definition) is 1. The van der Waals surface area contributed by atoms with Gasteiger partial charge < -0.3 is 5.32 Å². The fourth-order valence-electron chi connectivity index (χ4n) is 4.13. The molecule has 0 unspecified atom stereocenters. The van der Waals surface area contributed by atoms with Gasteiger partial charge in [-0.05, 0) is 66.3 Å². The summed E-state index contributed by atoms with van der Waals surface area (Å²) >= 11 is 0. The Balaban J connectivity index is 3.39. The van der Waals surface area contributed by atoms with Gasteiger partial charge in [-0.2, -0.15) is 0 Å². The first kappa shape index (κ1) is 31.2. The summed E-state index contributed by atoms with van der Waals surface area (Å²) < 4.78 is 0. The van der Waals surface area contributed by atoms with Gasteiger partial charge in [0.15, 0.2) is 0 Å². The first-order valence-corrected chi connectivity index (χ1v) is 14.2. The zero-order valence-electron chi connectivity index (χ0n) is 22.9. The summed E-state index contributed by atoms with van der Waals surface area (Å²) in [5.74, 6) is 0. The summed E-state index contributed by atoms with van der Waals surface area (Å²) in [7, 11) is 0. The van der Waals surface area contributed by atoms with Gasteiger partial charge in [0.25, 0.3) is 0 Å². The van der Waals surface area contributed by atoms with Gasteiger partial charge >= 0.3 is 0 Å². The molecule has 0 spiro atoms. The molecule has 0 bridgehead atoms. The second kappa shape index (κ2) is 24.8. The summed E-state index contributed by atoms with van der Waals surface area (Å²) in [5.41, 5.74) is 4.48. The molecule has 0 aliphatic carbocycles. The van der Waals surface area contributed by atoms with Crippen molar-refractivity contribution in [1.29, 1.82) is 0 Å². The third kappa shape index (κ3) is 25.4. The van der Waals surface area contributed by atoms with Crippen LogP contribution in [0.5, 0.6) is 0 Å². The summed E-state index contributed by atoms with van der Waals surface area (Å²) in [4.78, 5) is 0. The Hall–Kier alpha value is -0.820. The Bertz CT molecular complexity index is 479. The molecule has 32 heavy (non-hydrogen) atoms. The molecule has 0 heterocycles. The van der Waals surface area contributed by atoms with E-state index < -0.39 is 0 Å². The molecule has 0 aliphatic heterocycles.